The number of hydrogen-bond acceptors (Lipinski definition) is 7. The zero-order valence-corrected chi connectivity index (χ0v) is 19.5. The summed E-state index contributed by atoms with van der Waals surface area (Å²) in [6.45, 7) is 2.78. The molecule has 1 aromatic carbocycles. The molecule has 0 bridgehead atoms. The third kappa shape index (κ3) is 4.07. The number of carbonyl (C=O) groups is 1. The van der Waals surface area contributed by atoms with Crippen LogP contribution in [0.3, 0.4) is 0 Å². The predicted octanol–water partition coefficient (Wildman–Crippen LogP) is 3.08. The molecule has 33 heavy (non-hydrogen) atoms. The fraction of sp³-hybridized carbons (Fsp3) is 0.333. The highest BCUT2D eigenvalue weighted by Crippen LogP contribution is 2.34. The number of nitriles is 1. The van der Waals surface area contributed by atoms with E-state index in [9.17, 15) is 23.6 Å². The van der Waals surface area contributed by atoms with Gasteiger partial charge in [0, 0.05) is 32.4 Å². The maximum absolute atomic E-state index is 13.3. The van der Waals surface area contributed by atoms with Gasteiger partial charge in [0.05, 0.1) is 15.8 Å². The van der Waals surface area contributed by atoms with Gasteiger partial charge in [-0.15, -0.1) is 0 Å². The highest BCUT2D eigenvalue weighted by Gasteiger charge is 2.30. The molecule has 0 atom stereocenters. The molecule has 1 amide bonds. The second kappa shape index (κ2) is 8.53. The van der Waals surface area contributed by atoms with E-state index in [1.54, 1.807) is 12.1 Å². The van der Waals surface area contributed by atoms with E-state index in [0.29, 0.717) is 37.1 Å². The van der Waals surface area contributed by atoms with Gasteiger partial charge in [-0.25, -0.2) is 17.2 Å². The molecule has 0 radical (unpaired) electrons. The van der Waals surface area contributed by atoms with Crippen LogP contribution in [-0.4, -0.2) is 64.6 Å². The van der Waals surface area contributed by atoms with Crippen LogP contribution in [-0.2, 0) is 10.0 Å². The number of nitrogens with zero attached hydrogens (tertiary/aromatic N) is 6. The van der Waals surface area contributed by atoms with E-state index in [4.69, 9.17) is 11.6 Å². The molecule has 0 saturated carbocycles. The highest BCUT2D eigenvalue weighted by molar-refractivity contribution is 7.90. The Morgan fingerprint density at radius 1 is 1.24 bits per heavy atom. The summed E-state index contributed by atoms with van der Waals surface area (Å²) in [5.41, 5.74) is 1.04. The molecule has 2 aromatic heterocycles. The fourth-order valence-corrected chi connectivity index (χ4v) is 5.47. The van der Waals surface area contributed by atoms with Gasteiger partial charge in [0.2, 0.25) is 5.28 Å². The van der Waals surface area contributed by atoms with E-state index >= 15 is 0 Å². The summed E-state index contributed by atoms with van der Waals surface area (Å²) < 4.78 is 27.7. The number of carboxylic acid groups (broad SMARTS) is 1. The van der Waals surface area contributed by atoms with Crippen molar-refractivity contribution in [2.45, 2.75) is 30.7 Å². The van der Waals surface area contributed by atoms with Crippen LogP contribution in [0.25, 0.3) is 11.0 Å². The summed E-state index contributed by atoms with van der Waals surface area (Å²) >= 11 is 6.18. The standard InChI is InChI=1S/C21H21ClN6O4S/c1-13-3-5-16(6-4-13)33(31,32)28-12-14(11-23)17-18(24-20(22)25-19(17)28)27-9-7-15(8-10-27)26(2)21(29)30/h3-6,12,15H,7-10H2,1-2H3,(H,29,30). The van der Waals surface area contributed by atoms with E-state index in [1.807, 2.05) is 17.9 Å². The molecule has 12 heteroatoms. The van der Waals surface area contributed by atoms with E-state index < -0.39 is 16.1 Å². The van der Waals surface area contributed by atoms with Crippen molar-refractivity contribution >= 4 is 44.6 Å². The summed E-state index contributed by atoms with van der Waals surface area (Å²) in [4.78, 5) is 22.9. The highest BCUT2D eigenvalue weighted by atomic mass is 35.5. The van der Waals surface area contributed by atoms with Crippen LogP contribution in [0, 0.1) is 18.3 Å². The third-order valence-corrected chi connectivity index (χ3v) is 7.71. The lowest BCUT2D eigenvalue weighted by atomic mass is 10.0. The first-order valence-corrected chi connectivity index (χ1v) is 12.0. The molecule has 1 aliphatic rings. The smallest absolute Gasteiger partial charge is 0.407 e. The first-order chi connectivity index (χ1) is 15.6. The Hall–Kier alpha value is -3.36. The van der Waals surface area contributed by atoms with E-state index in [-0.39, 0.29) is 27.4 Å². The molecule has 3 heterocycles. The van der Waals surface area contributed by atoms with Gasteiger partial charge in [0.15, 0.2) is 5.65 Å². The molecule has 1 fully saturated rings. The summed E-state index contributed by atoms with van der Waals surface area (Å²) in [5.74, 6) is 0.357. The number of fused-ring (bicyclic) bond motifs is 1. The van der Waals surface area contributed by atoms with E-state index in [2.05, 4.69) is 9.97 Å². The van der Waals surface area contributed by atoms with Crippen LogP contribution in [0.4, 0.5) is 10.6 Å². The van der Waals surface area contributed by atoms with Gasteiger partial charge in [-0.05, 0) is 43.5 Å². The number of amides is 1. The van der Waals surface area contributed by atoms with Crippen molar-refractivity contribution in [1.29, 1.82) is 5.26 Å². The van der Waals surface area contributed by atoms with Gasteiger partial charge >= 0.3 is 6.09 Å². The van der Waals surface area contributed by atoms with Crippen LogP contribution in [0.1, 0.15) is 24.0 Å². The lowest BCUT2D eigenvalue weighted by Crippen LogP contribution is -2.45. The molecule has 172 valence electrons. The molecule has 10 nitrogen and oxygen atoms in total. The monoisotopic (exact) mass is 488 g/mol. The average Bonchev–Trinajstić information content (AvgIpc) is 3.17. The quantitative estimate of drug-likeness (QED) is 0.554. The van der Waals surface area contributed by atoms with Crippen molar-refractivity contribution in [1.82, 2.24) is 18.8 Å². The summed E-state index contributed by atoms with van der Waals surface area (Å²) in [6.07, 6.45) is 1.34. The number of benzene rings is 1. The third-order valence-electron chi connectivity index (χ3n) is 5.88. The largest absolute Gasteiger partial charge is 0.465 e. The second-order valence-corrected chi connectivity index (χ2v) is 10.0. The Morgan fingerprint density at radius 2 is 1.88 bits per heavy atom. The molecule has 0 unspecified atom stereocenters. The Morgan fingerprint density at radius 3 is 2.45 bits per heavy atom. The SMILES string of the molecule is Cc1ccc(S(=O)(=O)n2cc(C#N)c3c(N4CCC(N(C)C(=O)O)CC4)nc(Cl)nc32)cc1. The Labute approximate surface area is 195 Å². The number of aromatic nitrogens is 3. The molecule has 0 spiro atoms. The normalized spacial score (nSPS) is 14.9. The molecule has 4 rings (SSSR count). The molecular weight excluding hydrogens is 468 g/mol. The number of anilines is 1. The van der Waals surface area contributed by atoms with Gasteiger partial charge in [-0.2, -0.15) is 15.2 Å². The molecule has 1 aliphatic heterocycles. The van der Waals surface area contributed by atoms with E-state index in [0.717, 1.165) is 9.54 Å². The van der Waals surface area contributed by atoms with Gasteiger partial charge in [-0.3, -0.25) is 0 Å². The van der Waals surface area contributed by atoms with Gasteiger partial charge < -0.3 is 14.9 Å². The molecule has 1 saturated heterocycles. The lowest BCUT2D eigenvalue weighted by molar-refractivity contribution is 0.131. The number of halogens is 1. The molecular formula is C21H21ClN6O4S. The van der Waals surface area contributed by atoms with Crippen LogP contribution in [0.2, 0.25) is 5.28 Å². The Kier molecular flexibility index (Phi) is 5.90. The average molecular weight is 489 g/mol. The van der Waals surface area contributed by atoms with E-state index in [1.165, 1.54) is 30.3 Å². The van der Waals surface area contributed by atoms with Crippen LogP contribution in [0.5, 0.6) is 0 Å². The number of piperidine rings is 1. The number of rotatable bonds is 4. The Balaban J connectivity index is 1.80. The minimum atomic E-state index is -4.04. The van der Waals surface area contributed by atoms with Crippen molar-refractivity contribution in [3.8, 4) is 6.07 Å². The maximum Gasteiger partial charge on any atom is 0.407 e. The van der Waals surface area contributed by atoms with Crippen LogP contribution >= 0.6 is 11.6 Å². The van der Waals surface area contributed by atoms with Gasteiger partial charge in [0.1, 0.15) is 11.9 Å². The van der Waals surface area contributed by atoms with Crippen molar-refractivity contribution in [2.24, 2.45) is 0 Å². The minimum Gasteiger partial charge on any atom is -0.465 e. The van der Waals surface area contributed by atoms with Crippen LogP contribution in [0.15, 0.2) is 35.4 Å². The van der Waals surface area contributed by atoms with Crippen molar-refractivity contribution < 1.29 is 18.3 Å². The minimum absolute atomic E-state index is 0.0203. The second-order valence-electron chi connectivity index (χ2n) is 7.90. The molecule has 1 N–H and O–H groups in total. The predicted molar refractivity (Wildman–Crippen MR) is 122 cm³/mol. The topological polar surface area (TPSA) is 132 Å². The Bertz CT molecular complexity index is 1370. The first kappa shape index (κ1) is 22.8. The van der Waals surface area contributed by atoms with Gasteiger partial charge in [0.25, 0.3) is 10.0 Å². The zero-order chi connectivity index (χ0) is 23.9. The first-order valence-electron chi connectivity index (χ1n) is 10.1. The summed E-state index contributed by atoms with van der Waals surface area (Å²) in [7, 11) is -2.51. The number of aryl methyl sites for hydroxylation is 1. The molecule has 3 aromatic rings. The maximum atomic E-state index is 13.3. The van der Waals surface area contributed by atoms with Crippen LogP contribution < -0.4 is 4.90 Å². The van der Waals surface area contributed by atoms with Crippen molar-refractivity contribution in [3.63, 3.8) is 0 Å². The summed E-state index contributed by atoms with van der Waals surface area (Å²) in [5, 5.41) is 19.1. The lowest BCUT2D eigenvalue weighted by Gasteiger charge is -2.36. The molecule has 0 aliphatic carbocycles. The van der Waals surface area contributed by atoms with Crippen molar-refractivity contribution in [2.75, 3.05) is 25.0 Å². The fourth-order valence-electron chi connectivity index (χ4n) is 4.00. The summed E-state index contributed by atoms with van der Waals surface area (Å²) in [6, 6.07) is 8.27. The van der Waals surface area contributed by atoms with Crippen molar-refractivity contribution in [3.05, 3.63) is 46.9 Å². The zero-order valence-electron chi connectivity index (χ0n) is 17.9. The number of hydrogen-bond donors (Lipinski definition) is 1. The van der Waals surface area contributed by atoms with Gasteiger partial charge in [-0.1, -0.05) is 17.7 Å².